The number of carbonyl (C=O) groups excluding carboxylic acids is 1. The summed E-state index contributed by atoms with van der Waals surface area (Å²) in [6.07, 6.45) is 2.91. The van der Waals surface area contributed by atoms with Crippen molar-refractivity contribution in [1.29, 1.82) is 0 Å². The van der Waals surface area contributed by atoms with E-state index in [4.69, 9.17) is 23.2 Å². The third kappa shape index (κ3) is 2.67. The minimum absolute atomic E-state index is 0.00987. The standard InChI is InChI=1S/C12H14Cl2N2O/c1-2-3-4-9-12(17)16-11-6-8(14)7(13)5-10(11)15-9/h5-6,9,15H,2-4H2,1H3,(H,16,17). The summed E-state index contributed by atoms with van der Waals surface area (Å²) in [5.74, 6) is -0.00987. The van der Waals surface area contributed by atoms with Gasteiger partial charge in [-0.25, -0.2) is 0 Å². The number of hydrogen-bond acceptors (Lipinski definition) is 2. The summed E-state index contributed by atoms with van der Waals surface area (Å²) in [4.78, 5) is 11.8. The predicted octanol–water partition coefficient (Wildman–Crippen LogP) is 3.92. The molecular formula is C12H14Cl2N2O. The molecule has 1 aliphatic heterocycles. The van der Waals surface area contributed by atoms with Crippen LogP contribution in [0.4, 0.5) is 11.4 Å². The van der Waals surface area contributed by atoms with Crippen molar-refractivity contribution in [3.05, 3.63) is 22.2 Å². The van der Waals surface area contributed by atoms with Crippen LogP contribution in [0.3, 0.4) is 0 Å². The molecule has 92 valence electrons. The van der Waals surface area contributed by atoms with E-state index in [0.29, 0.717) is 15.7 Å². The molecule has 0 spiro atoms. The molecule has 0 fully saturated rings. The fourth-order valence-electron chi connectivity index (χ4n) is 1.85. The van der Waals surface area contributed by atoms with Gasteiger partial charge in [-0.15, -0.1) is 0 Å². The SMILES string of the molecule is CCCCC1Nc2cc(Cl)c(Cl)cc2NC1=O. The summed E-state index contributed by atoms with van der Waals surface area (Å²) in [5, 5.41) is 6.97. The summed E-state index contributed by atoms with van der Waals surface area (Å²) in [7, 11) is 0. The maximum absolute atomic E-state index is 11.8. The van der Waals surface area contributed by atoms with E-state index in [2.05, 4.69) is 17.6 Å². The number of unbranched alkanes of at least 4 members (excludes halogenated alkanes) is 1. The van der Waals surface area contributed by atoms with Gasteiger partial charge in [0.15, 0.2) is 0 Å². The van der Waals surface area contributed by atoms with E-state index in [-0.39, 0.29) is 11.9 Å². The Labute approximate surface area is 110 Å². The van der Waals surface area contributed by atoms with E-state index in [0.717, 1.165) is 24.9 Å². The van der Waals surface area contributed by atoms with Crippen molar-refractivity contribution in [2.75, 3.05) is 10.6 Å². The Balaban J connectivity index is 2.22. The van der Waals surface area contributed by atoms with Crippen LogP contribution in [0.5, 0.6) is 0 Å². The first-order valence-corrected chi connectivity index (χ1v) is 6.44. The topological polar surface area (TPSA) is 41.1 Å². The molecule has 1 aromatic carbocycles. The van der Waals surface area contributed by atoms with Crippen molar-refractivity contribution >= 4 is 40.5 Å². The number of anilines is 2. The molecule has 2 N–H and O–H groups in total. The largest absolute Gasteiger partial charge is 0.372 e. The van der Waals surface area contributed by atoms with Gasteiger partial charge < -0.3 is 10.6 Å². The molecule has 1 unspecified atom stereocenters. The summed E-state index contributed by atoms with van der Waals surface area (Å²) >= 11 is 11.9. The normalized spacial score (nSPS) is 18.3. The van der Waals surface area contributed by atoms with E-state index in [1.165, 1.54) is 0 Å². The van der Waals surface area contributed by atoms with Gasteiger partial charge in [-0.05, 0) is 18.6 Å². The number of amides is 1. The second-order valence-electron chi connectivity index (χ2n) is 4.14. The number of hydrogen-bond donors (Lipinski definition) is 2. The zero-order valence-corrected chi connectivity index (χ0v) is 11.0. The Morgan fingerprint density at radius 2 is 1.88 bits per heavy atom. The minimum atomic E-state index is -0.181. The maximum Gasteiger partial charge on any atom is 0.246 e. The van der Waals surface area contributed by atoms with Crippen LogP contribution in [0.25, 0.3) is 0 Å². The first kappa shape index (κ1) is 12.5. The van der Waals surface area contributed by atoms with E-state index >= 15 is 0 Å². The number of benzene rings is 1. The van der Waals surface area contributed by atoms with Crippen molar-refractivity contribution in [2.45, 2.75) is 32.2 Å². The lowest BCUT2D eigenvalue weighted by Crippen LogP contribution is -2.38. The van der Waals surface area contributed by atoms with Gasteiger partial charge in [-0.2, -0.15) is 0 Å². The smallest absolute Gasteiger partial charge is 0.246 e. The molecule has 0 bridgehead atoms. The molecule has 5 heteroatoms. The zero-order valence-electron chi connectivity index (χ0n) is 9.52. The van der Waals surface area contributed by atoms with Crippen molar-refractivity contribution < 1.29 is 4.79 Å². The average Bonchev–Trinajstić information content (AvgIpc) is 2.29. The zero-order chi connectivity index (χ0) is 12.4. The number of carbonyl (C=O) groups is 1. The fraction of sp³-hybridized carbons (Fsp3) is 0.417. The molecular weight excluding hydrogens is 259 g/mol. The van der Waals surface area contributed by atoms with Gasteiger partial charge in [0.2, 0.25) is 5.91 Å². The van der Waals surface area contributed by atoms with E-state index < -0.39 is 0 Å². The number of fused-ring (bicyclic) bond motifs is 1. The van der Waals surface area contributed by atoms with Crippen LogP contribution < -0.4 is 10.6 Å². The van der Waals surface area contributed by atoms with Gasteiger partial charge >= 0.3 is 0 Å². The first-order chi connectivity index (χ1) is 8.11. The van der Waals surface area contributed by atoms with Gasteiger partial charge in [0.25, 0.3) is 0 Å². The monoisotopic (exact) mass is 272 g/mol. The van der Waals surface area contributed by atoms with Crippen molar-refractivity contribution in [3.63, 3.8) is 0 Å². The molecule has 1 heterocycles. The quantitative estimate of drug-likeness (QED) is 0.876. The van der Waals surface area contributed by atoms with Gasteiger partial charge in [-0.1, -0.05) is 43.0 Å². The molecule has 1 atom stereocenters. The molecule has 2 rings (SSSR count). The fourth-order valence-corrected chi connectivity index (χ4v) is 2.18. The number of halogens is 2. The Bertz CT molecular complexity index is 448. The van der Waals surface area contributed by atoms with Crippen LogP contribution in [-0.2, 0) is 4.79 Å². The lowest BCUT2D eigenvalue weighted by molar-refractivity contribution is -0.117. The van der Waals surface area contributed by atoms with Crippen molar-refractivity contribution in [3.8, 4) is 0 Å². The minimum Gasteiger partial charge on any atom is -0.372 e. The highest BCUT2D eigenvalue weighted by Crippen LogP contribution is 2.35. The van der Waals surface area contributed by atoms with Crippen molar-refractivity contribution in [2.24, 2.45) is 0 Å². The molecule has 0 saturated carbocycles. The van der Waals surface area contributed by atoms with Crippen LogP contribution in [0.1, 0.15) is 26.2 Å². The van der Waals surface area contributed by atoms with E-state index in [1.54, 1.807) is 12.1 Å². The second kappa shape index (κ2) is 5.15. The van der Waals surface area contributed by atoms with Gasteiger partial charge in [0, 0.05) is 0 Å². The molecule has 1 amide bonds. The third-order valence-electron chi connectivity index (χ3n) is 2.81. The first-order valence-electron chi connectivity index (χ1n) is 5.68. The number of nitrogens with one attached hydrogen (secondary N) is 2. The molecule has 0 aromatic heterocycles. The van der Waals surface area contributed by atoms with Crippen LogP contribution >= 0.6 is 23.2 Å². The summed E-state index contributed by atoms with van der Waals surface area (Å²) in [6.45, 7) is 2.10. The summed E-state index contributed by atoms with van der Waals surface area (Å²) in [5.41, 5.74) is 1.53. The van der Waals surface area contributed by atoms with E-state index in [1.807, 2.05) is 0 Å². The average molecular weight is 273 g/mol. The van der Waals surface area contributed by atoms with Crippen LogP contribution in [0.2, 0.25) is 10.0 Å². The lowest BCUT2D eigenvalue weighted by Gasteiger charge is -2.27. The number of rotatable bonds is 3. The molecule has 17 heavy (non-hydrogen) atoms. The summed E-state index contributed by atoms with van der Waals surface area (Å²) in [6, 6.07) is 3.23. The molecule has 0 radical (unpaired) electrons. The Morgan fingerprint density at radius 1 is 1.24 bits per heavy atom. The molecule has 1 aliphatic rings. The molecule has 0 aliphatic carbocycles. The summed E-state index contributed by atoms with van der Waals surface area (Å²) < 4.78 is 0. The molecule has 1 aromatic rings. The van der Waals surface area contributed by atoms with Gasteiger partial charge in [-0.3, -0.25) is 4.79 Å². The van der Waals surface area contributed by atoms with Crippen LogP contribution in [0, 0.1) is 0 Å². The maximum atomic E-state index is 11.8. The van der Waals surface area contributed by atoms with Gasteiger partial charge in [0.1, 0.15) is 6.04 Å². The predicted molar refractivity (Wildman–Crippen MR) is 72.0 cm³/mol. The van der Waals surface area contributed by atoms with Gasteiger partial charge in [0.05, 0.1) is 21.4 Å². The highest BCUT2D eigenvalue weighted by atomic mass is 35.5. The highest BCUT2D eigenvalue weighted by Gasteiger charge is 2.25. The highest BCUT2D eigenvalue weighted by molar-refractivity contribution is 6.42. The third-order valence-corrected chi connectivity index (χ3v) is 3.53. The molecule has 3 nitrogen and oxygen atoms in total. The Hall–Kier alpha value is -0.930. The van der Waals surface area contributed by atoms with Crippen LogP contribution in [-0.4, -0.2) is 11.9 Å². The molecule has 0 saturated heterocycles. The van der Waals surface area contributed by atoms with E-state index in [9.17, 15) is 4.79 Å². The lowest BCUT2D eigenvalue weighted by atomic mass is 10.1. The second-order valence-corrected chi connectivity index (χ2v) is 4.95. The Kier molecular flexibility index (Phi) is 3.79. The Morgan fingerprint density at radius 3 is 2.53 bits per heavy atom. The van der Waals surface area contributed by atoms with Crippen molar-refractivity contribution in [1.82, 2.24) is 0 Å². The van der Waals surface area contributed by atoms with Crippen LogP contribution in [0.15, 0.2) is 12.1 Å².